The smallest absolute Gasteiger partial charge is 0.160 e. The van der Waals surface area contributed by atoms with Crippen LogP contribution in [0.4, 0.5) is 0 Å². The van der Waals surface area contributed by atoms with Gasteiger partial charge in [0, 0.05) is 38.4 Å². The fourth-order valence-corrected chi connectivity index (χ4v) is 9.50. The molecule has 54 heavy (non-hydrogen) atoms. The van der Waals surface area contributed by atoms with Gasteiger partial charge in [-0.1, -0.05) is 129 Å². The molecule has 0 unspecified atom stereocenters. The van der Waals surface area contributed by atoms with Crippen molar-refractivity contribution in [3.63, 3.8) is 0 Å². The number of aromatic nitrogens is 3. The van der Waals surface area contributed by atoms with Gasteiger partial charge in [0.05, 0.1) is 22.2 Å². The van der Waals surface area contributed by atoms with Crippen LogP contribution in [0.3, 0.4) is 0 Å². The van der Waals surface area contributed by atoms with E-state index in [1.54, 1.807) is 0 Å². The van der Waals surface area contributed by atoms with Crippen molar-refractivity contribution in [1.29, 1.82) is 0 Å². The molecule has 3 nitrogen and oxygen atoms in total. The van der Waals surface area contributed by atoms with Crippen molar-refractivity contribution in [3.05, 3.63) is 175 Å². The lowest BCUT2D eigenvalue weighted by molar-refractivity contribution is 0.660. The quantitative estimate of drug-likeness (QED) is 0.185. The molecule has 0 bridgehead atoms. The molecular formula is C51H33N3. The van der Waals surface area contributed by atoms with Gasteiger partial charge in [-0.3, -0.25) is 0 Å². The molecule has 0 N–H and O–H groups in total. The lowest BCUT2D eigenvalue weighted by Crippen LogP contribution is -2.14. The fourth-order valence-electron chi connectivity index (χ4n) is 9.50. The zero-order valence-electron chi connectivity index (χ0n) is 29.9. The summed E-state index contributed by atoms with van der Waals surface area (Å²) in [6.45, 7) is 4.68. The molecule has 0 atom stereocenters. The third-order valence-corrected chi connectivity index (χ3v) is 12.1. The van der Waals surface area contributed by atoms with Crippen LogP contribution >= 0.6 is 0 Å². The molecule has 2 aromatic heterocycles. The second kappa shape index (κ2) is 10.6. The average Bonchev–Trinajstić information content (AvgIpc) is 3.81. The number of hydrogen-bond acceptors (Lipinski definition) is 2. The standard InChI is InChI=1S/C51H33N3/c1-51(2)43-15-7-5-11-37(43)41-28-32(21-24-44(41)51)33-22-25-47-42(29-33)38-12-6-8-17-46(38)54(47)35-23-20-30-26-34(19-18-31(30)27-35)50-52-45-16-9-14-39-36-10-3-4-13-40(36)49(53-50)48(39)45/h3-29H,1-2H3. The molecule has 8 aromatic carbocycles. The fraction of sp³-hybridized carbons (Fsp3) is 0.0588. The van der Waals surface area contributed by atoms with E-state index in [0.717, 1.165) is 39.1 Å². The van der Waals surface area contributed by atoms with Crippen molar-refractivity contribution in [3.8, 4) is 61.7 Å². The van der Waals surface area contributed by atoms with Crippen molar-refractivity contribution < 1.29 is 0 Å². The Hall–Kier alpha value is -6.84. The summed E-state index contributed by atoms with van der Waals surface area (Å²) in [6, 6.07) is 60.0. The van der Waals surface area contributed by atoms with E-state index >= 15 is 0 Å². The van der Waals surface area contributed by atoms with Crippen LogP contribution in [0.15, 0.2) is 164 Å². The molecule has 10 aromatic rings. The normalized spacial score (nSPS) is 13.5. The van der Waals surface area contributed by atoms with E-state index in [2.05, 4.69) is 182 Å². The summed E-state index contributed by atoms with van der Waals surface area (Å²) < 4.78 is 2.41. The summed E-state index contributed by atoms with van der Waals surface area (Å²) >= 11 is 0. The van der Waals surface area contributed by atoms with Gasteiger partial charge in [-0.15, -0.1) is 0 Å². The van der Waals surface area contributed by atoms with Crippen molar-refractivity contribution in [1.82, 2.24) is 14.5 Å². The van der Waals surface area contributed by atoms with E-state index in [-0.39, 0.29) is 5.41 Å². The highest BCUT2D eigenvalue weighted by Gasteiger charge is 2.35. The minimum atomic E-state index is 0.000887. The minimum absolute atomic E-state index is 0.000887. The summed E-state index contributed by atoms with van der Waals surface area (Å²) in [6.07, 6.45) is 0. The molecule has 12 rings (SSSR count). The minimum Gasteiger partial charge on any atom is -0.309 e. The molecule has 252 valence electrons. The number of rotatable bonds is 3. The van der Waals surface area contributed by atoms with Gasteiger partial charge < -0.3 is 4.57 Å². The third kappa shape index (κ3) is 4.01. The molecular weight excluding hydrogens is 655 g/mol. The summed E-state index contributed by atoms with van der Waals surface area (Å²) in [5.41, 5.74) is 18.2. The van der Waals surface area contributed by atoms with E-state index in [9.17, 15) is 0 Å². The van der Waals surface area contributed by atoms with Crippen LogP contribution in [0, 0.1) is 0 Å². The maximum atomic E-state index is 5.16. The SMILES string of the molecule is CC1(C)c2ccccc2-c2cc(-c3ccc4c(c3)c3ccccc3n4-c3ccc4cc(-c5nc6c7c(cccc7n5)-c5ccccc5-6)ccc4c3)ccc21. The third-order valence-electron chi connectivity index (χ3n) is 12.1. The van der Waals surface area contributed by atoms with Gasteiger partial charge in [0.25, 0.3) is 0 Å². The number of nitrogens with zero attached hydrogens (tertiary/aromatic N) is 3. The highest BCUT2D eigenvalue weighted by Crippen LogP contribution is 2.50. The van der Waals surface area contributed by atoms with E-state index in [1.807, 2.05) is 0 Å². The molecule has 0 spiro atoms. The largest absolute Gasteiger partial charge is 0.309 e. The highest BCUT2D eigenvalue weighted by molar-refractivity contribution is 6.13. The average molecular weight is 688 g/mol. The van der Waals surface area contributed by atoms with Crippen LogP contribution in [0.5, 0.6) is 0 Å². The van der Waals surface area contributed by atoms with Gasteiger partial charge in [-0.25, -0.2) is 9.97 Å². The van der Waals surface area contributed by atoms with Gasteiger partial charge in [0.15, 0.2) is 5.82 Å². The van der Waals surface area contributed by atoms with Crippen molar-refractivity contribution in [2.45, 2.75) is 19.3 Å². The Bertz CT molecular complexity index is 3250. The Balaban J connectivity index is 0.956. The van der Waals surface area contributed by atoms with Crippen LogP contribution in [0.25, 0.3) is 105 Å². The Morgan fingerprint density at radius 3 is 2.06 bits per heavy atom. The first-order chi connectivity index (χ1) is 26.5. The van der Waals surface area contributed by atoms with Crippen LogP contribution < -0.4 is 0 Å². The number of para-hydroxylation sites is 1. The first kappa shape index (κ1) is 29.7. The van der Waals surface area contributed by atoms with Gasteiger partial charge in [-0.2, -0.15) is 0 Å². The second-order valence-electron chi connectivity index (χ2n) is 15.4. The van der Waals surface area contributed by atoms with Crippen LogP contribution in [0.1, 0.15) is 25.0 Å². The van der Waals surface area contributed by atoms with E-state index in [0.29, 0.717) is 0 Å². The summed E-state index contributed by atoms with van der Waals surface area (Å²) in [5, 5.41) is 6.00. The molecule has 0 saturated heterocycles. The lowest BCUT2D eigenvalue weighted by atomic mass is 9.82. The van der Waals surface area contributed by atoms with Crippen molar-refractivity contribution in [2.24, 2.45) is 0 Å². The zero-order valence-corrected chi connectivity index (χ0v) is 29.9. The molecule has 0 amide bonds. The molecule has 2 aliphatic rings. The van der Waals surface area contributed by atoms with E-state index in [1.165, 1.54) is 77.3 Å². The highest BCUT2D eigenvalue weighted by atomic mass is 15.0. The Morgan fingerprint density at radius 2 is 1.13 bits per heavy atom. The van der Waals surface area contributed by atoms with Crippen LogP contribution in [-0.4, -0.2) is 14.5 Å². The Morgan fingerprint density at radius 1 is 0.444 bits per heavy atom. The zero-order chi connectivity index (χ0) is 35.7. The van der Waals surface area contributed by atoms with Gasteiger partial charge in [0.1, 0.15) is 0 Å². The predicted octanol–water partition coefficient (Wildman–Crippen LogP) is 13.2. The molecule has 2 heterocycles. The Kier molecular flexibility index (Phi) is 5.84. The number of benzene rings is 8. The topological polar surface area (TPSA) is 30.7 Å². The van der Waals surface area contributed by atoms with Gasteiger partial charge >= 0.3 is 0 Å². The lowest BCUT2D eigenvalue weighted by Gasteiger charge is -2.21. The molecule has 3 heteroatoms. The van der Waals surface area contributed by atoms with Crippen molar-refractivity contribution >= 4 is 43.5 Å². The number of hydrogen-bond donors (Lipinski definition) is 0. The predicted molar refractivity (Wildman–Crippen MR) is 224 cm³/mol. The first-order valence-electron chi connectivity index (χ1n) is 18.7. The van der Waals surface area contributed by atoms with Crippen molar-refractivity contribution in [2.75, 3.05) is 0 Å². The second-order valence-corrected chi connectivity index (χ2v) is 15.4. The molecule has 0 radical (unpaired) electrons. The maximum Gasteiger partial charge on any atom is 0.160 e. The molecule has 0 saturated carbocycles. The number of fused-ring (bicyclic) bond motifs is 10. The first-order valence-corrected chi connectivity index (χ1v) is 18.7. The summed E-state index contributed by atoms with van der Waals surface area (Å²) in [4.78, 5) is 10.2. The molecule has 0 fully saturated rings. The molecule has 2 aliphatic carbocycles. The van der Waals surface area contributed by atoms with E-state index < -0.39 is 0 Å². The van der Waals surface area contributed by atoms with E-state index in [4.69, 9.17) is 9.97 Å². The summed E-state index contributed by atoms with van der Waals surface area (Å²) in [5.74, 6) is 0.756. The van der Waals surface area contributed by atoms with Crippen LogP contribution in [0.2, 0.25) is 0 Å². The maximum absolute atomic E-state index is 5.16. The molecule has 0 aliphatic heterocycles. The monoisotopic (exact) mass is 687 g/mol. The Labute approximate surface area is 312 Å². The van der Waals surface area contributed by atoms with Gasteiger partial charge in [-0.05, 0) is 104 Å². The van der Waals surface area contributed by atoms with Crippen LogP contribution in [-0.2, 0) is 5.41 Å². The summed E-state index contributed by atoms with van der Waals surface area (Å²) in [7, 11) is 0. The van der Waals surface area contributed by atoms with Gasteiger partial charge in [0.2, 0.25) is 0 Å².